The lowest BCUT2D eigenvalue weighted by Gasteiger charge is -2.12. The molecule has 0 fully saturated rings. The summed E-state index contributed by atoms with van der Waals surface area (Å²) in [7, 11) is 0. The Bertz CT molecular complexity index is 1010. The molecule has 0 saturated heterocycles. The van der Waals surface area contributed by atoms with Gasteiger partial charge in [0.25, 0.3) is 5.69 Å². The second-order valence-corrected chi connectivity index (χ2v) is 7.77. The number of nitro groups is 1. The van der Waals surface area contributed by atoms with E-state index in [-0.39, 0.29) is 17.3 Å². The monoisotopic (exact) mass is 415 g/mol. The molecule has 152 valence electrons. The van der Waals surface area contributed by atoms with Gasteiger partial charge < -0.3 is 9.73 Å². The highest BCUT2D eigenvalue weighted by Crippen LogP contribution is 2.27. The first-order valence-corrected chi connectivity index (χ1v) is 9.99. The van der Waals surface area contributed by atoms with Gasteiger partial charge in [0.15, 0.2) is 16.7 Å². The Hall–Kier alpha value is -3.14. The smallest absolute Gasteiger partial charge is 0.274 e. The van der Waals surface area contributed by atoms with Crippen LogP contribution < -0.4 is 5.32 Å². The van der Waals surface area contributed by atoms with Crippen LogP contribution in [0.25, 0.3) is 11.6 Å². The molecule has 0 spiro atoms. The first-order chi connectivity index (χ1) is 13.9. The molecule has 0 aliphatic heterocycles. The molecule has 0 atom stereocenters. The maximum absolute atomic E-state index is 12.4. The van der Waals surface area contributed by atoms with Crippen LogP contribution >= 0.6 is 11.8 Å². The molecule has 0 unspecified atom stereocenters. The van der Waals surface area contributed by atoms with Crippen molar-refractivity contribution in [1.29, 1.82) is 0 Å². The summed E-state index contributed by atoms with van der Waals surface area (Å²) >= 11 is 1.25. The first kappa shape index (κ1) is 20.6. The zero-order valence-corrected chi connectivity index (χ0v) is 17.1. The minimum Gasteiger partial charge on any atom is -0.461 e. The molecule has 0 radical (unpaired) electrons. The maximum Gasteiger partial charge on any atom is 0.274 e. The number of furan rings is 1. The van der Waals surface area contributed by atoms with E-state index < -0.39 is 4.92 Å². The molecular formula is C19H21N5O4S. The fourth-order valence-electron chi connectivity index (χ4n) is 2.79. The van der Waals surface area contributed by atoms with Crippen molar-refractivity contribution in [3.8, 4) is 11.6 Å². The number of hydrogen-bond acceptors (Lipinski definition) is 7. The molecule has 3 aromatic rings. The SMILES string of the molecule is Cc1c(NC(=O)CSc2nnc(-c3ccco3)n2CC(C)C)cccc1[N+](=O)[O-]. The summed E-state index contributed by atoms with van der Waals surface area (Å²) in [5, 5.41) is 22.8. The number of nitro benzene ring substituents is 1. The van der Waals surface area contributed by atoms with Gasteiger partial charge in [-0.1, -0.05) is 31.7 Å². The molecule has 0 aliphatic carbocycles. The van der Waals surface area contributed by atoms with Crippen LogP contribution in [-0.2, 0) is 11.3 Å². The molecule has 0 bridgehead atoms. The minimum atomic E-state index is -0.468. The second-order valence-electron chi connectivity index (χ2n) is 6.83. The van der Waals surface area contributed by atoms with Crippen molar-refractivity contribution < 1.29 is 14.1 Å². The molecule has 3 rings (SSSR count). The van der Waals surface area contributed by atoms with Crippen molar-refractivity contribution in [3.63, 3.8) is 0 Å². The molecule has 1 aromatic carbocycles. The van der Waals surface area contributed by atoms with Crippen LogP contribution in [0.1, 0.15) is 19.4 Å². The Kier molecular flexibility index (Phi) is 6.32. The van der Waals surface area contributed by atoms with Crippen molar-refractivity contribution >= 4 is 29.0 Å². The van der Waals surface area contributed by atoms with Crippen molar-refractivity contribution in [3.05, 3.63) is 52.3 Å². The molecule has 0 saturated carbocycles. The summed E-state index contributed by atoms with van der Waals surface area (Å²) in [5.41, 5.74) is 0.805. The van der Waals surface area contributed by atoms with Gasteiger partial charge in [-0.05, 0) is 31.0 Å². The highest BCUT2D eigenvalue weighted by Gasteiger charge is 2.19. The summed E-state index contributed by atoms with van der Waals surface area (Å²) in [4.78, 5) is 23.0. The van der Waals surface area contributed by atoms with Gasteiger partial charge in [-0.25, -0.2) is 0 Å². The van der Waals surface area contributed by atoms with Crippen molar-refractivity contribution in [2.75, 3.05) is 11.1 Å². The number of nitrogens with one attached hydrogen (secondary N) is 1. The van der Waals surface area contributed by atoms with Crippen LogP contribution in [0.15, 0.2) is 46.2 Å². The van der Waals surface area contributed by atoms with Gasteiger partial charge in [-0.15, -0.1) is 10.2 Å². The Balaban J connectivity index is 1.72. The Morgan fingerprint density at radius 3 is 2.76 bits per heavy atom. The zero-order chi connectivity index (χ0) is 21.0. The molecule has 29 heavy (non-hydrogen) atoms. The number of thioether (sulfide) groups is 1. The zero-order valence-electron chi connectivity index (χ0n) is 16.3. The van der Waals surface area contributed by atoms with E-state index >= 15 is 0 Å². The minimum absolute atomic E-state index is 0.0322. The Morgan fingerprint density at radius 2 is 2.10 bits per heavy atom. The quantitative estimate of drug-likeness (QED) is 0.334. The molecule has 1 N–H and O–H groups in total. The summed E-state index contributed by atoms with van der Waals surface area (Å²) < 4.78 is 7.37. The highest BCUT2D eigenvalue weighted by molar-refractivity contribution is 7.99. The van der Waals surface area contributed by atoms with E-state index in [0.717, 1.165) is 0 Å². The van der Waals surface area contributed by atoms with Crippen LogP contribution in [0, 0.1) is 23.0 Å². The lowest BCUT2D eigenvalue weighted by Crippen LogP contribution is -2.16. The van der Waals surface area contributed by atoms with E-state index in [2.05, 4.69) is 29.4 Å². The van der Waals surface area contributed by atoms with Crippen LogP contribution in [0.4, 0.5) is 11.4 Å². The average Bonchev–Trinajstić information content (AvgIpc) is 3.31. The molecule has 9 nitrogen and oxygen atoms in total. The van der Waals surface area contributed by atoms with Gasteiger partial charge in [-0.2, -0.15) is 0 Å². The molecule has 2 aromatic heterocycles. The average molecular weight is 415 g/mol. The predicted octanol–water partition coefficient (Wildman–Crippen LogP) is 4.14. The molecule has 1 amide bonds. The molecule has 2 heterocycles. The normalized spacial score (nSPS) is 11.0. The number of hydrogen-bond donors (Lipinski definition) is 1. The number of carbonyl (C=O) groups is 1. The van der Waals surface area contributed by atoms with E-state index in [4.69, 9.17) is 4.42 Å². The molecule has 10 heteroatoms. The highest BCUT2D eigenvalue weighted by atomic mass is 32.2. The lowest BCUT2D eigenvalue weighted by molar-refractivity contribution is -0.385. The molecule has 0 aliphatic rings. The van der Waals surface area contributed by atoms with E-state index in [0.29, 0.717) is 40.5 Å². The summed E-state index contributed by atoms with van der Waals surface area (Å²) in [5.74, 6) is 1.39. The van der Waals surface area contributed by atoms with Crippen LogP contribution in [0.5, 0.6) is 0 Å². The third-order valence-electron chi connectivity index (χ3n) is 4.11. The fraction of sp³-hybridized carbons (Fsp3) is 0.316. The number of carbonyl (C=O) groups excluding carboxylic acids is 1. The number of rotatable bonds is 8. The third kappa shape index (κ3) is 4.83. The van der Waals surface area contributed by atoms with Crippen LogP contribution in [-0.4, -0.2) is 31.3 Å². The number of amides is 1. The van der Waals surface area contributed by atoms with Gasteiger partial charge in [0.1, 0.15) is 0 Å². The molecular weight excluding hydrogens is 394 g/mol. The first-order valence-electron chi connectivity index (χ1n) is 9.00. The van der Waals surface area contributed by atoms with Crippen molar-refractivity contribution in [1.82, 2.24) is 14.8 Å². The standard InChI is InChI=1S/C19H21N5O4S/c1-12(2)10-23-18(16-8-5-9-28-16)21-22-19(23)29-11-17(25)20-14-6-4-7-15(13(14)3)24(26)27/h4-9,12H,10-11H2,1-3H3,(H,20,25). The topological polar surface area (TPSA) is 116 Å². The second kappa shape index (κ2) is 8.91. The summed E-state index contributed by atoms with van der Waals surface area (Å²) in [6.07, 6.45) is 1.57. The van der Waals surface area contributed by atoms with Crippen molar-refractivity contribution in [2.24, 2.45) is 5.92 Å². The van der Waals surface area contributed by atoms with Gasteiger partial charge in [0, 0.05) is 12.6 Å². The summed E-state index contributed by atoms with van der Waals surface area (Å²) in [6.45, 7) is 6.45. The lowest BCUT2D eigenvalue weighted by atomic mass is 10.1. The van der Waals surface area contributed by atoms with Gasteiger partial charge >= 0.3 is 0 Å². The number of nitrogens with zero attached hydrogens (tertiary/aromatic N) is 4. The number of benzene rings is 1. The Labute approximate surface area is 171 Å². The van der Waals surface area contributed by atoms with Crippen LogP contribution in [0.3, 0.4) is 0 Å². The van der Waals surface area contributed by atoms with E-state index in [1.165, 1.54) is 17.8 Å². The Morgan fingerprint density at radius 1 is 1.31 bits per heavy atom. The largest absolute Gasteiger partial charge is 0.461 e. The number of anilines is 1. The van der Waals surface area contributed by atoms with E-state index in [1.807, 2.05) is 10.6 Å². The van der Waals surface area contributed by atoms with Crippen molar-refractivity contribution in [2.45, 2.75) is 32.5 Å². The maximum atomic E-state index is 12.4. The third-order valence-corrected chi connectivity index (χ3v) is 5.08. The predicted molar refractivity (Wildman–Crippen MR) is 110 cm³/mol. The van der Waals surface area contributed by atoms with E-state index in [9.17, 15) is 14.9 Å². The van der Waals surface area contributed by atoms with Gasteiger partial charge in [0.2, 0.25) is 5.91 Å². The number of aromatic nitrogens is 3. The van der Waals surface area contributed by atoms with E-state index in [1.54, 1.807) is 31.4 Å². The van der Waals surface area contributed by atoms with Crippen LogP contribution in [0.2, 0.25) is 0 Å². The van der Waals surface area contributed by atoms with Gasteiger partial charge in [-0.3, -0.25) is 19.5 Å². The summed E-state index contributed by atoms with van der Waals surface area (Å²) in [6, 6.07) is 8.19. The fourth-order valence-corrected chi connectivity index (χ4v) is 3.53. The van der Waals surface area contributed by atoms with Gasteiger partial charge in [0.05, 0.1) is 28.2 Å².